The Kier molecular flexibility index (Phi) is 3.75. The Labute approximate surface area is 114 Å². The first-order chi connectivity index (χ1) is 8.45. The van der Waals surface area contributed by atoms with E-state index in [2.05, 4.69) is 4.98 Å². The summed E-state index contributed by atoms with van der Waals surface area (Å²) in [7, 11) is 1.43. The molecule has 0 unspecified atom stereocenters. The Morgan fingerprint density at radius 1 is 1.17 bits per heavy atom. The van der Waals surface area contributed by atoms with Gasteiger partial charge in [-0.15, -0.1) is 0 Å². The van der Waals surface area contributed by atoms with E-state index in [1.807, 2.05) is 0 Å². The maximum Gasteiger partial charge on any atom is 0.261 e. The highest BCUT2D eigenvalue weighted by molar-refractivity contribution is 8.13. The van der Waals surface area contributed by atoms with Crippen LogP contribution in [0.1, 0.15) is 0 Å². The second-order valence-corrected chi connectivity index (χ2v) is 6.33. The number of hydrogen-bond donors (Lipinski definition) is 0. The SMILES string of the molecule is O=S(=O)(Cl)c1ccnc(Oc2cccc(Cl)c2)c1. The van der Waals surface area contributed by atoms with Gasteiger partial charge in [0.1, 0.15) is 5.75 Å². The Morgan fingerprint density at radius 3 is 2.61 bits per heavy atom. The van der Waals surface area contributed by atoms with Gasteiger partial charge in [0.05, 0.1) is 4.90 Å². The highest BCUT2D eigenvalue weighted by Gasteiger charge is 2.11. The highest BCUT2D eigenvalue weighted by atomic mass is 35.7. The van der Waals surface area contributed by atoms with Gasteiger partial charge in [-0.25, -0.2) is 13.4 Å². The lowest BCUT2D eigenvalue weighted by atomic mass is 10.3. The number of nitrogens with zero attached hydrogens (tertiary/aromatic N) is 1. The minimum atomic E-state index is -3.80. The number of hydrogen-bond acceptors (Lipinski definition) is 4. The summed E-state index contributed by atoms with van der Waals surface area (Å²) in [5.41, 5.74) is 0. The Hall–Kier alpha value is -1.30. The summed E-state index contributed by atoms with van der Waals surface area (Å²) >= 11 is 5.80. The summed E-state index contributed by atoms with van der Waals surface area (Å²) in [5, 5.41) is 0.508. The summed E-state index contributed by atoms with van der Waals surface area (Å²) in [6.07, 6.45) is 1.30. The lowest BCUT2D eigenvalue weighted by Gasteiger charge is -2.05. The number of halogens is 2. The smallest absolute Gasteiger partial charge is 0.261 e. The maximum absolute atomic E-state index is 11.2. The van der Waals surface area contributed by atoms with E-state index in [0.29, 0.717) is 10.8 Å². The molecule has 0 fully saturated rings. The predicted molar refractivity (Wildman–Crippen MR) is 68.8 cm³/mol. The van der Waals surface area contributed by atoms with Crippen LogP contribution in [0.2, 0.25) is 5.02 Å². The van der Waals surface area contributed by atoms with Crippen molar-refractivity contribution < 1.29 is 13.2 Å². The van der Waals surface area contributed by atoms with Gasteiger partial charge in [0.2, 0.25) is 5.88 Å². The molecular formula is C11H7Cl2NO3S. The molecule has 0 saturated carbocycles. The molecule has 4 nitrogen and oxygen atoms in total. The molecule has 18 heavy (non-hydrogen) atoms. The quantitative estimate of drug-likeness (QED) is 0.815. The summed E-state index contributed by atoms with van der Waals surface area (Å²) < 4.78 is 27.7. The predicted octanol–water partition coefficient (Wildman–Crippen LogP) is 3.45. The maximum atomic E-state index is 11.2. The first-order valence-corrected chi connectivity index (χ1v) is 7.48. The number of benzene rings is 1. The van der Waals surface area contributed by atoms with Gasteiger partial charge in [-0.3, -0.25) is 0 Å². The van der Waals surface area contributed by atoms with Crippen molar-refractivity contribution in [1.29, 1.82) is 0 Å². The Bertz CT molecular complexity index is 673. The summed E-state index contributed by atoms with van der Waals surface area (Å²) in [6, 6.07) is 9.19. The molecule has 0 radical (unpaired) electrons. The molecule has 2 aromatic rings. The van der Waals surface area contributed by atoms with Crippen LogP contribution in [-0.2, 0) is 9.05 Å². The Balaban J connectivity index is 2.30. The number of aromatic nitrogens is 1. The molecule has 0 aliphatic carbocycles. The van der Waals surface area contributed by atoms with E-state index < -0.39 is 9.05 Å². The van der Waals surface area contributed by atoms with Gasteiger partial charge in [0.25, 0.3) is 9.05 Å². The first-order valence-electron chi connectivity index (χ1n) is 4.79. The molecule has 94 valence electrons. The molecule has 0 N–H and O–H groups in total. The lowest BCUT2D eigenvalue weighted by Crippen LogP contribution is -1.93. The van der Waals surface area contributed by atoms with Crippen LogP contribution >= 0.6 is 22.3 Å². The normalized spacial score (nSPS) is 11.2. The van der Waals surface area contributed by atoms with Gasteiger partial charge < -0.3 is 4.74 Å². The van der Waals surface area contributed by atoms with E-state index in [4.69, 9.17) is 27.0 Å². The third kappa shape index (κ3) is 3.35. The van der Waals surface area contributed by atoms with Crippen molar-refractivity contribution in [2.75, 3.05) is 0 Å². The fourth-order valence-corrected chi connectivity index (χ4v) is 2.18. The average Bonchev–Trinajstić information content (AvgIpc) is 2.28. The van der Waals surface area contributed by atoms with Crippen LogP contribution in [0.5, 0.6) is 11.6 Å². The van der Waals surface area contributed by atoms with Crippen molar-refractivity contribution in [3.63, 3.8) is 0 Å². The van der Waals surface area contributed by atoms with E-state index in [-0.39, 0.29) is 10.8 Å². The third-order valence-electron chi connectivity index (χ3n) is 2.01. The molecule has 0 aliphatic rings. The van der Waals surface area contributed by atoms with Crippen LogP contribution in [0.3, 0.4) is 0 Å². The molecule has 1 aromatic carbocycles. The molecule has 0 bridgehead atoms. The zero-order valence-electron chi connectivity index (χ0n) is 8.88. The molecule has 2 rings (SSSR count). The summed E-state index contributed by atoms with van der Waals surface area (Å²) in [5.74, 6) is 0.582. The van der Waals surface area contributed by atoms with E-state index in [9.17, 15) is 8.42 Å². The van der Waals surface area contributed by atoms with Gasteiger partial charge in [-0.05, 0) is 24.3 Å². The first kappa shape index (κ1) is 13.1. The molecule has 0 aliphatic heterocycles. The minimum Gasteiger partial charge on any atom is -0.439 e. The highest BCUT2D eigenvalue weighted by Crippen LogP contribution is 2.25. The van der Waals surface area contributed by atoms with Crippen LogP contribution in [0, 0.1) is 0 Å². The molecule has 1 aromatic heterocycles. The number of pyridine rings is 1. The van der Waals surface area contributed by atoms with Crippen molar-refractivity contribution in [2.24, 2.45) is 0 Å². The van der Waals surface area contributed by atoms with E-state index >= 15 is 0 Å². The van der Waals surface area contributed by atoms with Gasteiger partial charge in [0.15, 0.2) is 0 Å². The second-order valence-electron chi connectivity index (χ2n) is 3.33. The minimum absolute atomic E-state index is 0.0730. The van der Waals surface area contributed by atoms with Gasteiger partial charge in [-0.1, -0.05) is 17.7 Å². The molecule has 0 saturated heterocycles. The topological polar surface area (TPSA) is 56.3 Å². The fourth-order valence-electron chi connectivity index (χ4n) is 1.25. The molecular weight excluding hydrogens is 297 g/mol. The van der Waals surface area contributed by atoms with Crippen LogP contribution in [0.25, 0.3) is 0 Å². The standard InChI is InChI=1S/C11H7Cl2NO3S/c12-8-2-1-3-9(6-8)17-11-7-10(4-5-14-11)18(13,15)16/h1-7H. The number of rotatable bonds is 3. The lowest BCUT2D eigenvalue weighted by molar-refractivity contribution is 0.461. The van der Waals surface area contributed by atoms with Crippen molar-refractivity contribution in [3.05, 3.63) is 47.6 Å². The van der Waals surface area contributed by atoms with Gasteiger partial charge in [0, 0.05) is 28.0 Å². The zero-order chi connectivity index (χ0) is 13.2. The monoisotopic (exact) mass is 303 g/mol. The van der Waals surface area contributed by atoms with Crippen molar-refractivity contribution in [1.82, 2.24) is 4.98 Å². The Morgan fingerprint density at radius 2 is 1.94 bits per heavy atom. The second kappa shape index (κ2) is 5.14. The van der Waals surface area contributed by atoms with Crippen molar-refractivity contribution in [3.8, 4) is 11.6 Å². The van der Waals surface area contributed by atoms with E-state index in [0.717, 1.165) is 0 Å². The third-order valence-corrected chi connectivity index (χ3v) is 3.59. The summed E-state index contributed by atoms with van der Waals surface area (Å²) in [4.78, 5) is 3.82. The number of ether oxygens (including phenoxy) is 1. The van der Waals surface area contributed by atoms with Gasteiger partial charge >= 0.3 is 0 Å². The summed E-state index contributed by atoms with van der Waals surface area (Å²) in [6.45, 7) is 0. The van der Waals surface area contributed by atoms with Gasteiger partial charge in [-0.2, -0.15) is 0 Å². The zero-order valence-corrected chi connectivity index (χ0v) is 11.2. The van der Waals surface area contributed by atoms with E-state index in [1.54, 1.807) is 24.3 Å². The molecule has 7 heteroatoms. The van der Waals surface area contributed by atoms with E-state index in [1.165, 1.54) is 18.3 Å². The van der Waals surface area contributed by atoms with Crippen molar-refractivity contribution in [2.45, 2.75) is 4.90 Å². The van der Waals surface area contributed by atoms with Crippen LogP contribution in [0.4, 0.5) is 0 Å². The van der Waals surface area contributed by atoms with Crippen molar-refractivity contribution >= 4 is 31.3 Å². The molecule has 0 atom stereocenters. The molecule has 0 amide bonds. The fraction of sp³-hybridized carbons (Fsp3) is 0. The molecule has 0 spiro atoms. The van der Waals surface area contributed by atoms with Crippen LogP contribution in [-0.4, -0.2) is 13.4 Å². The average molecular weight is 304 g/mol. The largest absolute Gasteiger partial charge is 0.439 e. The van der Waals surface area contributed by atoms with Crippen LogP contribution in [0.15, 0.2) is 47.5 Å². The molecule has 1 heterocycles. The van der Waals surface area contributed by atoms with Crippen LogP contribution < -0.4 is 4.74 Å².